The molecule has 0 rings (SSSR count). The zero-order valence-electron chi connectivity index (χ0n) is 14.9. The third-order valence-electron chi connectivity index (χ3n) is 3.64. The van der Waals surface area contributed by atoms with Crippen LogP contribution in [0.15, 0.2) is 0 Å². The van der Waals surface area contributed by atoms with E-state index in [0.717, 1.165) is 0 Å². The Labute approximate surface area is 134 Å². The van der Waals surface area contributed by atoms with Crippen LogP contribution < -0.4 is 0 Å². The molecule has 0 radical (unpaired) electrons. The molecule has 0 aliphatic heterocycles. The lowest BCUT2D eigenvalue weighted by molar-refractivity contribution is -0.173. The highest BCUT2D eigenvalue weighted by Crippen LogP contribution is 2.36. The van der Waals surface area contributed by atoms with Crippen LogP contribution in [0.1, 0.15) is 34.6 Å². The lowest BCUT2D eigenvalue weighted by atomic mass is 10.2. The van der Waals surface area contributed by atoms with Crippen LogP contribution in [0.4, 0.5) is 0 Å². The minimum Gasteiger partial charge on any atom is -0.464 e. The maximum absolute atomic E-state index is 11.7. The van der Waals surface area contributed by atoms with Crippen molar-refractivity contribution in [1.29, 1.82) is 0 Å². The Morgan fingerprint density at radius 2 is 1.41 bits per heavy atom. The first-order valence-electron chi connectivity index (χ1n) is 7.65. The molecule has 0 bridgehead atoms. The van der Waals surface area contributed by atoms with Gasteiger partial charge in [-0.05, 0) is 32.0 Å². The maximum atomic E-state index is 11.7. The van der Waals surface area contributed by atoms with Gasteiger partial charge in [-0.1, -0.05) is 20.8 Å². The van der Waals surface area contributed by atoms with Gasteiger partial charge in [-0.15, -0.1) is 0 Å². The lowest BCUT2D eigenvalue weighted by Gasteiger charge is -2.36. The molecular formula is C15H30O6Si. The zero-order chi connectivity index (χ0) is 17.4. The van der Waals surface area contributed by atoms with Gasteiger partial charge in [-0.25, -0.2) is 9.59 Å². The third kappa shape index (κ3) is 6.89. The molecule has 0 fully saturated rings. The Morgan fingerprint density at radius 1 is 0.955 bits per heavy atom. The molecule has 0 amide bonds. The molecule has 22 heavy (non-hydrogen) atoms. The second kappa shape index (κ2) is 9.27. The predicted octanol–water partition coefficient (Wildman–Crippen LogP) is 2.52. The van der Waals surface area contributed by atoms with Crippen LogP contribution in [0.2, 0.25) is 18.1 Å². The van der Waals surface area contributed by atoms with Gasteiger partial charge in [0.2, 0.25) is 0 Å². The van der Waals surface area contributed by atoms with Gasteiger partial charge in [-0.3, -0.25) is 0 Å². The molecule has 0 atom stereocenters. The van der Waals surface area contributed by atoms with E-state index in [1.807, 2.05) is 0 Å². The largest absolute Gasteiger partial charge is 0.464 e. The molecule has 0 aliphatic carbocycles. The van der Waals surface area contributed by atoms with Crippen LogP contribution in [-0.2, 0) is 28.2 Å². The average Bonchev–Trinajstić information content (AvgIpc) is 2.37. The van der Waals surface area contributed by atoms with Crippen molar-refractivity contribution in [2.75, 3.05) is 26.4 Å². The first-order valence-corrected chi connectivity index (χ1v) is 10.6. The molecule has 0 aliphatic rings. The zero-order valence-corrected chi connectivity index (χ0v) is 15.9. The smallest absolute Gasteiger partial charge is 0.347 e. The normalized spacial score (nSPS) is 12.4. The molecule has 130 valence electrons. The van der Waals surface area contributed by atoms with E-state index in [1.54, 1.807) is 13.8 Å². The van der Waals surface area contributed by atoms with E-state index in [1.165, 1.54) is 0 Å². The van der Waals surface area contributed by atoms with Crippen LogP contribution in [0.3, 0.4) is 0 Å². The molecule has 7 heteroatoms. The quantitative estimate of drug-likeness (QED) is 0.279. The summed E-state index contributed by atoms with van der Waals surface area (Å²) in [6.45, 7) is 14.8. The summed E-state index contributed by atoms with van der Waals surface area (Å²) < 4.78 is 20.9. The Hall–Kier alpha value is -0.923. The minimum absolute atomic E-state index is 0.0919. The molecule has 6 nitrogen and oxygen atoms in total. The first-order chi connectivity index (χ1) is 10.1. The second-order valence-electron chi connectivity index (χ2n) is 6.36. The van der Waals surface area contributed by atoms with Crippen LogP contribution >= 0.6 is 0 Å². The molecule has 0 aromatic rings. The summed E-state index contributed by atoms with van der Waals surface area (Å²) in [7, 11) is -1.87. The Balaban J connectivity index is 4.47. The summed E-state index contributed by atoms with van der Waals surface area (Å²) in [5, 5.41) is 0.0919. The monoisotopic (exact) mass is 334 g/mol. The Morgan fingerprint density at radius 3 is 1.77 bits per heavy atom. The number of hydrogen-bond acceptors (Lipinski definition) is 6. The van der Waals surface area contributed by atoms with Crippen LogP contribution in [0, 0.1) is 0 Å². The number of hydrogen-bond donors (Lipinski definition) is 0. The summed E-state index contributed by atoms with van der Waals surface area (Å²) in [4.78, 5) is 23.5. The summed E-state index contributed by atoms with van der Waals surface area (Å²) >= 11 is 0. The van der Waals surface area contributed by atoms with E-state index in [2.05, 4.69) is 33.9 Å². The number of rotatable bonds is 9. The number of carbonyl (C=O) groups is 2. The summed E-state index contributed by atoms with van der Waals surface area (Å²) in [6, 6.07) is 0. The molecule has 0 saturated heterocycles. The minimum atomic E-state index is -1.87. The summed E-state index contributed by atoms with van der Waals surface area (Å²) in [5.74, 6) is -1.46. The molecular weight excluding hydrogens is 304 g/mol. The fraction of sp³-hybridized carbons (Fsp3) is 0.867. The van der Waals surface area contributed by atoms with Crippen molar-refractivity contribution in [3.8, 4) is 0 Å². The van der Waals surface area contributed by atoms with E-state index in [0.29, 0.717) is 6.61 Å². The predicted molar refractivity (Wildman–Crippen MR) is 86.2 cm³/mol. The van der Waals surface area contributed by atoms with Crippen molar-refractivity contribution in [1.82, 2.24) is 0 Å². The Bertz CT molecular complexity index is 344. The molecule has 0 N–H and O–H groups in total. The summed E-state index contributed by atoms with van der Waals surface area (Å²) in [6.07, 6.45) is -1.34. The number of carbonyl (C=O) groups excluding carboxylic acids is 2. The highest BCUT2D eigenvalue weighted by molar-refractivity contribution is 6.74. The van der Waals surface area contributed by atoms with Crippen molar-refractivity contribution >= 4 is 20.3 Å². The lowest BCUT2D eigenvalue weighted by Crippen LogP contribution is -2.42. The van der Waals surface area contributed by atoms with E-state index in [-0.39, 0.29) is 24.9 Å². The standard InChI is InChI=1S/C15H30O6Si/c1-8-18-13(16)12(14(17)19-9-2)20-10-11-21-22(6,7)15(3,4)5/h12H,8-11H2,1-7H3. The van der Waals surface area contributed by atoms with Gasteiger partial charge in [-0.2, -0.15) is 0 Å². The van der Waals surface area contributed by atoms with Crippen molar-refractivity contribution in [3.63, 3.8) is 0 Å². The Kier molecular flexibility index (Phi) is 8.88. The van der Waals surface area contributed by atoms with Gasteiger partial charge in [0.25, 0.3) is 6.10 Å². The van der Waals surface area contributed by atoms with Gasteiger partial charge >= 0.3 is 11.9 Å². The second-order valence-corrected chi connectivity index (χ2v) is 11.2. The van der Waals surface area contributed by atoms with Crippen LogP contribution in [0.5, 0.6) is 0 Å². The van der Waals surface area contributed by atoms with E-state index in [9.17, 15) is 9.59 Å². The fourth-order valence-corrected chi connectivity index (χ4v) is 2.37. The molecule has 0 saturated carbocycles. The van der Waals surface area contributed by atoms with E-state index in [4.69, 9.17) is 18.6 Å². The molecule has 0 heterocycles. The molecule has 0 unspecified atom stereocenters. The number of esters is 2. The number of ether oxygens (including phenoxy) is 3. The van der Waals surface area contributed by atoms with Crippen molar-refractivity contribution in [3.05, 3.63) is 0 Å². The third-order valence-corrected chi connectivity index (χ3v) is 8.18. The highest BCUT2D eigenvalue weighted by atomic mass is 28.4. The van der Waals surface area contributed by atoms with Gasteiger partial charge < -0.3 is 18.6 Å². The van der Waals surface area contributed by atoms with Gasteiger partial charge in [0.1, 0.15) is 0 Å². The average molecular weight is 334 g/mol. The molecule has 0 aromatic carbocycles. The van der Waals surface area contributed by atoms with Gasteiger partial charge in [0.15, 0.2) is 8.32 Å². The fourth-order valence-electron chi connectivity index (χ4n) is 1.35. The van der Waals surface area contributed by atoms with Crippen molar-refractivity contribution in [2.45, 2.75) is 58.9 Å². The maximum Gasteiger partial charge on any atom is 0.347 e. The van der Waals surface area contributed by atoms with Crippen molar-refractivity contribution < 1.29 is 28.2 Å². The van der Waals surface area contributed by atoms with Crippen LogP contribution in [-0.4, -0.2) is 52.8 Å². The highest BCUT2D eigenvalue weighted by Gasteiger charge is 2.37. The van der Waals surface area contributed by atoms with Gasteiger partial charge in [0, 0.05) is 0 Å². The topological polar surface area (TPSA) is 71.1 Å². The van der Waals surface area contributed by atoms with E-state index >= 15 is 0 Å². The molecule has 0 spiro atoms. The SMILES string of the molecule is CCOC(=O)C(OCCO[Si](C)(C)C(C)(C)C)C(=O)OCC. The first kappa shape index (κ1) is 21.1. The van der Waals surface area contributed by atoms with Crippen molar-refractivity contribution in [2.24, 2.45) is 0 Å². The summed E-state index contributed by atoms with van der Waals surface area (Å²) in [5.41, 5.74) is 0. The van der Waals surface area contributed by atoms with Crippen LogP contribution in [0.25, 0.3) is 0 Å². The van der Waals surface area contributed by atoms with Gasteiger partial charge in [0.05, 0.1) is 26.4 Å². The molecule has 0 aromatic heterocycles. The van der Waals surface area contributed by atoms with E-state index < -0.39 is 26.4 Å².